The molecule has 0 aliphatic carbocycles. The Bertz CT molecular complexity index is 539. The highest BCUT2D eigenvalue weighted by atomic mass is 32.1. The molecule has 0 fully saturated rings. The molecule has 0 bridgehead atoms. The topological polar surface area (TPSA) is 34.1 Å². The second kappa shape index (κ2) is 5.11. The molecule has 1 N–H and O–H groups in total. The zero-order valence-electron chi connectivity index (χ0n) is 9.54. The number of halogens is 3. The van der Waals surface area contributed by atoms with Crippen LogP contribution in [0.1, 0.15) is 5.56 Å². The van der Waals surface area contributed by atoms with Gasteiger partial charge in [-0.2, -0.15) is 13.2 Å². The molecule has 0 atom stereocenters. The summed E-state index contributed by atoms with van der Waals surface area (Å²) in [5, 5.41) is 3.40. The lowest BCUT2D eigenvalue weighted by Crippen LogP contribution is -2.07. The van der Waals surface area contributed by atoms with Gasteiger partial charge in [-0.3, -0.25) is 0 Å². The number of nitrogens with one attached hydrogen (secondary N) is 1. The van der Waals surface area contributed by atoms with Gasteiger partial charge in [-0.25, -0.2) is 4.98 Å². The number of hydrogen-bond donors (Lipinski definition) is 1. The number of thiazole rings is 1. The number of para-hydroxylation sites is 1. The molecule has 2 rings (SSSR count). The van der Waals surface area contributed by atoms with Gasteiger partial charge in [0.05, 0.1) is 22.4 Å². The Balaban J connectivity index is 2.33. The largest absolute Gasteiger partial charge is 0.418 e. The van der Waals surface area contributed by atoms with Gasteiger partial charge in [0.15, 0.2) is 5.13 Å². The number of ether oxygens (including phenoxy) is 1. The smallest absolute Gasteiger partial charge is 0.383 e. The van der Waals surface area contributed by atoms with E-state index in [0.29, 0.717) is 23.0 Å². The number of rotatable bonds is 4. The Morgan fingerprint density at radius 1 is 1.39 bits per heavy atom. The summed E-state index contributed by atoms with van der Waals surface area (Å²) < 4.78 is 43.6. The highest BCUT2D eigenvalue weighted by Crippen LogP contribution is 2.37. The molecule has 18 heavy (non-hydrogen) atoms. The zero-order valence-corrected chi connectivity index (χ0v) is 10.4. The third-order valence-electron chi connectivity index (χ3n) is 2.31. The van der Waals surface area contributed by atoms with Crippen molar-refractivity contribution in [3.8, 4) is 0 Å². The SMILES string of the molecule is COCCNc1nc2c(C(F)(F)F)cccc2s1. The van der Waals surface area contributed by atoms with E-state index in [0.717, 1.165) is 6.07 Å². The van der Waals surface area contributed by atoms with E-state index in [1.807, 2.05) is 0 Å². The number of methoxy groups -OCH3 is 1. The number of anilines is 1. The van der Waals surface area contributed by atoms with Crippen LogP contribution in [-0.2, 0) is 10.9 Å². The van der Waals surface area contributed by atoms with E-state index in [1.54, 1.807) is 13.2 Å². The third-order valence-corrected chi connectivity index (χ3v) is 3.29. The van der Waals surface area contributed by atoms with Crippen LogP contribution in [0.5, 0.6) is 0 Å². The lowest BCUT2D eigenvalue weighted by atomic mass is 10.2. The highest BCUT2D eigenvalue weighted by Gasteiger charge is 2.33. The Labute approximate surface area is 106 Å². The summed E-state index contributed by atoms with van der Waals surface area (Å²) in [7, 11) is 1.56. The van der Waals surface area contributed by atoms with Crippen LogP contribution in [-0.4, -0.2) is 25.2 Å². The molecule has 2 aromatic rings. The van der Waals surface area contributed by atoms with Gasteiger partial charge in [-0.15, -0.1) is 0 Å². The number of aromatic nitrogens is 1. The first kappa shape index (κ1) is 13.1. The maximum atomic E-state index is 12.8. The zero-order chi connectivity index (χ0) is 13.2. The first-order valence-electron chi connectivity index (χ1n) is 5.22. The average molecular weight is 276 g/mol. The standard InChI is InChI=1S/C11H11F3N2OS/c1-17-6-5-15-10-16-9-7(11(12,13)14)3-2-4-8(9)18-10/h2-4H,5-6H2,1H3,(H,15,16). The van der Waals surface area contributed by atoms with Crippen molar-refractivity contribution >= 4 is 26.7 Å². The fraction of sp³-hybridized carbons (Fsp3) is 0.364. The first-order valence-corrected chi connectivity index (χ1v) is 6.03. The molecule has 3 nitrogen and oxygen atoms in total. The summed E-state index contributed by atoms with van der Waals surface area (Å²) in [6.45, 7) is 0.986. The fourth-order valence-electron chi connectivity index (χ4n) is 1.51. The molecule has 7 heteroatoms. The maximum absolute atomic E-state index is 12.8. The van der Waals surface area contributed by atoms with Gasteiger partial charge in [0.25, 0.3) is 0 Å². The van der Waals surface area contributed by atoms with Gasteiger partial charge in [-0.05, 0) is 12.1 Å². The maximum Gasteiger partial charge on any atom is 0.418 e. The lowest BCUT2D eigenvalue weighted by Gasteiger charge is -2.06. The number of alkyl halides is 3. The number of fused-ring (bicyclic) bond motifs is 1. The van der Waals surface area contributed by atoms with Crippen molar-refractivity contribution in [2.75, 3.05) is 25.6 Å². The van der Waals surface area contributed by atoms with Crippen LogP contribution in [0.15, 0.2) is 18.2 Å². The molecule has 0 aliphatic rings. The second-order valence-corrected chi connectivity index (χ2v) is 4.62. The second-order valence-electron chi connectivity index (χ2n) is 3.59. The van der Waals surface area contributed by atoms with Crippen LogP contribution in [0.4, 0.5) is 18.3 Å². The summed E-state index contributed by atoms with van der Waals surface area (Å²) in [5.74, 6) is 0. The van der Waals surface area contributed by atoms with Gasteiger partial charge >= 0.3 is 6.18 Å². The molecule has 0 amide bonds. The lowest BCUT2D eigenvalue weighted by molar-refractivity contribution is -0.136. The summed E-state index contributed by atoms with van der Waals surface area (Å²) in [4.78, 5) is 3.98. The fourth-order valence-corrected chi connectivity index (χ4v) is 2.43. The Kier molecular flexibility index (Phi) is 3.72. The van der Waals surface area contributed by atoms with Crippen molar-refractivity contribution in [3.05, 3.63) is 23.8 Å². The molecule has 0 radical (unpaired) electrons. The Hall–Kier alpha value is -1.34. The van der Waals surface area contributed by atoms with Crippen molar-refractivity contribution in [1.29, 1.82) is 0 Å². The molecule has 0 spiro atoms. The Morgan fingerprint density at radius 3 is 2.83 bits per heavy atom. The van der Waals surface area contributed by atoms with Crippen molar-refractivity contribution in [2.24, 2.45) is 0 Å². The third kappa shape index (κ3) is 2.73. The van der Waals surface area contributed by atoms with Crippen molar-refractivity contribution in [1.82, 2.24) is 4.98 Å². The van der Waals surface area contributed by atoms with Gasteiger partial charge in [0.2, 0.25) is 0 Å². The molecule has 1 heterocycles. The van der Waals surface area contributed by atoms with Crippen molar-refractivity contribution < 1.29 is 17.9 Å². The molecule has 0 unspecified atom stereocenters. The molecule has 1 aromatic carbocycles. The summed E-state index contributed by atoms with van der Waals surface area (Å²) >= 11 is 1.20. The van der Waals surface area contributed by atoms with Gasteiger partial charge in [-0.1, -0.05) is 17.4 Å². The van der Waals surface area contributed by atoms with E-state index in [1.165, 1.54) is 17.4 Å². The molecular weight excluding hydrogens is 265 g/mol. The van der Waals surface area contributed by atoms with E-state index < -0.39 is 11.7 Å². The van der Waals surface area contributed by atoms with Crippen LogP contribution in [0.2, 0.25) is 0 Å². The molecular formula is C11H11F3N2OS. The van der Waals surface area contributed by atoms with Crippen molar-refractivity contribution in [3.63, 3.8) is 0 Å². The molecule has 0 aliphatic heterocycles. The predicted octanol–water partition coefficient (Wildman–Crippen LogP) is 3.37. The summed E-state index contributed by atoms with van der Waals surface area (Å²) in [6, 6.07) is 4.06. The van der Waals surface area contributed by atoms with Crippen LogP contribution in [0.3, 0.4) is 0 Å². The normalized spacial score (nSPS) is 12.0. The quantitative estimate of drug-likeness (QED) is 0.869. The molecule has 98 valence electrons. The number of nitrogens with zero attached hydrogens (tertiary/aromatic N) is 1. The van der Waals surface area contributed by atoms with Crippen LogP contribution < -0.4 is 5.32 Å². The summed E-state index contributed by atoms with van der Waals surface area (Å²) in [5.41, 5.74) is -0.703. The van der Waals surface area contributed by atoms with Crippen LogP contribution >= 0.6 is 11.3 Å². The monoisotopic (exact) mass is 276 g/mol. The van der Waals surface area contributed by atoms with Gasteiger partial charge in [0, 0.05) is 13.7 Å². The molecule has 0 saturated carbocycles. The predicted molar refractivity (Wildman–Crippen MR) is 65.0 cm³/mol. The van der Waals surface area contributed by atoms with E-state index in [4.69, 9.17) is 4.74 Å². The van der Waals surface area contributed by atoms with E-state index in [2.05, 4.69) is 10.3 Å². The van der Waals surface area contributed by atoms with Gasteiger partial charge in [0.1, 0.15) is 0 Å². The molecule has 1 aromatic heterocycles. The number of benzene rings is 1. The van der Waals surface area contributed by atoms with Crippen molar-refractivity contribution in [2.45, 2.75) is 6.18 Å². The minimum absolute atomic E-state index is 0.00471. The molecule has 0 saturated heterocycles. The number of hydrogen-bond acceptors (Lipinski definition) is 4. The average Bonchev–Trinajstić information content (AvgIpc) is 2.70. The minimum Gasteiger partial charge on any atom is -0.383 e. The van der Waals surface area contributed by atoms with Crippen LogP contribution in [0, 0.1) is 0 Å². The highest BCUT2D eigenvalue weighted by molar-refractivity contribution is 7.22. The van der Waals surface area contributed by atoms with Gasteiger partial charge < -0.3 is 10.1 Å². The minimum atomic E-state index is -4.38. The summed E-state index contributed by atoms with van der Waals surface area (Å²) in [6.07, 6.45) is -4.38. The first-order chi connectivity index (χ1) is 8.52. The Morgan fingerprint density at radius 2 is 2.17 bits per heavy atom. The van der Waals surface area contributed by atoms with E-state index in [-0.39, 0.29) is 5.52 Å². The van der Waals surface area contributed by atoms with Crippen LogP contribution in [0.25, 0.3) is 10.2 Å². The van der Waals surface area contributed by atoms with E-state index in [9.17, 15) is 13.2 Å². The van der Waals surface area contributed by atoms with E-state index >= 15 is 0 Å².